The zero-order chi connectivity index (χ0) is 19.7. The lowest BCUT2D eigenvalue weighted by Gasteiger charge is -2.22. The Bertz CT molecular complexity index is 1040. The van der Waals surface area contributed by atoms with Gasteiger partial charge in [0.1, 0.15) is 0 Å². The number of halogens is 2. The summed E-state index contributed by atoms with van der Waals surface area (Å²) in [6.07, 6.45) is 1.50. The fourth-order valence-corrected chi connectivity index (χ4v) is 5.94. The van der Waals surface area contributed by atoms with Crippen LogP contribution >= 0.6 is 23.2 Å². The Kier molecular flexibility index (Phi) is 6.14. The SMILES string of the molecule is O=S(=O)(NCCN(C1CC1)S(=O)(=O)c1cccc(Cl)c1)c1cccc(Cl)c1. The van der Waals surface area contributed by atoms with Crippen LogP contribution in [-0.2, 0) is 20.0 Å². The molecule has 0 aromatic heterocycles. The number of benzene rings is 2. The standard InChI is InChI=1S/C17H18Cl2N2O4S2/c18-13-3-1-5-16(11-13)26(22,23)20-9-10-21(15-7-8-15)27(24,25)17-6-2-4-14(19)12-17/h1-6,11-12,15,20H,7-10H2. The van der Waals surface area contributed by atoms with Crippen LogP contribution in [0.25, 0.3) is 0 Å². The summed E-state index contributed by atoms with van der Waals surface area (Å²) in [6, 6.07) is 11.8. The van der Waals surface area contributed by atoms with E-state index in [0.717, 1.165) is 12.8 Å². The molecule has 1 N–H and O–H groups in total. The van der Waals surface area contributed by atoms with Gasteiger partial charge in [-0.25, -0.2) is 21.6 Å². The fourth-order valence-electron chi connectivity index (χ4n) is 2.63. The molecular weight excluding hydrogens is 431 g/mol. The summed E-state index contributed by atoms with van der Waals surface area (Å²) in [5, 5.41) is 0.634. The van der Waals surface area contributed by atoms with E-state index in [0.29, 0.717) is 10.0 Å². The molecule has 0 amide bonds. The number of nitrogens with one attached hydrogen (secondary N) is 1. The van der Waals surface area contributed by atoms with Crippen molar-refractivity contribution in [3.05, 3.63) is 58.6 Å². The summed E-state index contributed by atoms with van der Waals surface area (Å²) >= 11 is 11.7. The molecule has 1 aliphatic rings. The molecule has 0 unspecified atom stereocenters. The predicted molar refractivity (Wildman–Crippen MR) is 105 cm³/mol. The number of sulfonamides is 2. The molecule has 3 rings (SSSR count). The van der Waals surface area contributed by atoms with Crippen LogP contribution < -0.4 is 4.72 Å². The fraction of sp³-hybridized carbons (Fsp3) is 0.294. The van der Waals surface area contributed by atoms with Gasteiger partial charge in [-0.3, -0.25) is 0 Å². The molecule has 0 heterocycles. The number of hydrogen-bond acceptors (Lipinski definition) is 4. The first-order chi connectivity index (χ1) is 12.7. The van der Waals surface area contributed by atoms with Crippen LogP contribution in [0.15, 0.2) is 58.3 Å². The Hall–Kier alpha value is -1.16. The monoisotopic (exact) mass is 448 g/mol. The van der Waals surface area contributed by atoms with Crippen LogP contribution in [0.1, 0.15) is 12.8 Å². The summed E-state index contributed by atoms with van der Waals surface area (Å²) in [4.78, 5) is 0.130. The maximum absolute atomic E-state index is 12.9. The van der Waals surface area contributed by atoms with Gasteiger partial charge >= 0.3 is 0 Å². The minimum atomic E-state index is -3.78. The van der Waals surface area contributed by atoms with Gasteiger partial charge < -0.3 is 0 Å². The van der Waals surface area contributed by atoms with E-state index >= 15 is 0 Å². The van der Waals surface area contributed by atoms with Crippen molar-refractivity contribution in [1.82, 2.24) is 9.03 Å². The first kappa shape index (κ1) is 20.6. The van der Waals surface area contributed by atoms with E-state index in [-0.39, 0.29) is 28.9 Å². The van der Waals surface area contributed by atoms with Crippen LogP contribution in [0.5, 0.6) is 0 Å². The van der Waals surface area contributed by atoms with Crippen LogP contribution in [-0.4, -0.2) is 40.3 Å². The van der Waals surface area contributed by atoms with E-state index in [2.05, 4.69) is 4.72 Å². The number of hydrogen-bond donors (Lipinski definition) is 1. The highest BCUT2D eigenvalue weighted by molar-refractivity contribution is 7.89. The first-order valence-electron chi connectivity index (χ1n) is 8.23. The topological polar surface area (TPSA) is 83.6 Å². The van der Waals surface area contributed by atoms with Crippen molar-refractivity contribution in [2.45, 2.75) is 28.7 Å². The summed E-state index contributed by atoms with van der Waals surface area (Å²) in [5.74, 6) is 0. The van der Waals surface area contributed by atoms with Crippen molar-refractivity contribution < 1.29 is 16.8 Å². The van der Waals surface area contributed by atoms with E-state index in [1.165, 1.54) is 34.6 Å². The second-order valence-corrected chi connectivity index (χ2v) is 10.7. The average Bonchev–Trinajstić information content (AvgIpc) is 3.43. The van der Waals surface area contributed by atoms with Crippen molar-refractivity contribution in [2.75, 3.05) is 13.1 Å². The lowest BCUT2D eigenvalue weighted by atomic mass is 10.4. The molecule has 0 bridgehead atoms. The molecule has 27 heavy (non-hydrogen) atoms. The highest BCUT2D eigenvalue weighted by Gasteiger charge is 2.38. The smallest absolute Gasteiger partial charge is 0.210 e. The first-order valence-corrected chi connectivity index (χ1v) is 11.9. The van der Waals surface area contributed by atoms with Crippen LogP contribution in [0.4, 0.5) is 0 Å². The van der Waals surface area contributed by atoms with Gasteiger partial charge in [0.15, 0.2) is 0 Å². The molecule has 146 valence electrons. The average molecular weight is 449 g/mol. The molecule has 0 saturated heterocycles. The minimum Gasteiger partial charge on any atom is -0.210 e. The quantitative estimate of drug-likeness (QED) is 0.671. The molecule has 2 aromatic rings. The molecule has 0 aliphatic heterocycles. The largest absolute Gasteiger partial charge is 0.243 e. The van der Waals surface area contributed by atoms with Crippen LogP contribution in [0, 0.1) is 0 Å². The zero-order valence-electron chi connectivity index (χ0n) is 14.2. The second kappa shape index (κ2) is 8.06. The van der Waals surface area contributed by atoms with Gasteiger partial charge in [0, 0.05) is 29.2 Å². The van der Waals surface area contributed by atoms with Gasteiger partial charge in [-0.2, -0.15) is 4.31 Å². The summed E-state index contributed by atoms with van der Waals surface area (Å²) in [6.45, 7) is -0.0234. The second-order valence-electron chi connectivity index (χ2n) is 6.16. The molecule has 1 aliphatic carbocycles. The third kappa shape index (κ3) is 5.01. The Morgan fingerprint density at radius 2 is 1.48 bits per heavy atom. The van der Waals surface area contributed by atoms with Crippen LogP contribution in [0.2, 0.25) is 10.0 Å². The highest BCUT2D eigenvalue weighted by atomic mass is 35.5. The third-order valence-corrected chi connectivity index (χ3v) is 7.96. The van der Waals surface area contributed by atoms with E-state index in [1.54, 1.807) is 18.2 Å². The Labute approximate surface area is 169 Å². The normalized spacial score (nSPS) is 15.2. The summed E-state index contributed by atoms with van der Waals surface area (Å²) in [7, 11) is -7.53. The van der Waals surface area contributed by atoms with Crippen LogP contribution in [0.3, 0.4) is 0 Å². The van der Waals surface area contributed by atoms with E-state index in [9.17, 15) is 16.8 Å². The summed E-state index contributed by atoms with van der Waals surface area (Å²) < 4.78 is 54.3. The molecule has 0 spiro atoms. The third-order valence-electron chi connectivity index (χ3n) is 4.09. The number of nitrogens with zero attached hydrogens (tertiary/aromatic N) is 1. The van der Waals surface area contributed by atoms with Gasteiger partial charge in [-0.1, -0.05) is 35.3 Å². The Morgan fingerprint density at radius 1 is 0.926 bits per heavy atom. The van der Waals surface area contributed by atoms with Crippen molar-refractivity contribution in [2.24, 2.45) is 0 Å². The Morgan fingerprint density at radius 3 is 2.04 bits per heavy atom. The van der Waals surface area contributed by atoms with Gasteiger partial charge in [-0.05, 0) is 49.2 Å². The maximum Gasteiger partial charge on any atom is 0.243 e. The lowest BCUT2D eigenvalue weighted by molar-refractivity contribution is 0.406. The molecule has 1 saturated carbocycles. The highest BCUT2D eigenvalue weighted by Crippen LogP contribution is 2.32. The molecule has 1 fully saturated rings. The Balaban J connectivity index is 1.73. The molecule has 6 nitrogen and oxygen atoms in total. The van der Waals surface area contributed by atoms with Crippen molar-refractivity contribution in [1.29, 1.82) is 0 Å². The minimum absolute atomic E-state index is 0.0271. The van der Waals surface area contributed by atoms with E-state index in [1.807, 2.05) is 0 Å². The zero-order valence-corrected chi connectivity index (χ0v) is 17.3. The predicted octanol–water partition coefficient (Wildman–Crippen LogP) is 3.13. The molecule has 0 atom stereocenters. The van der Waals surface area contributed by atoms with Crippen molar-refractivity contribution in [3.63, 3.8) is 0 Å². The van der Waals surface area contributed by atoms with Gasteiger partial charge in [0.2, 0.25) is 20.0 Å². The van der Waals surface area contributed by atoms with E-state index < -0.39 is 20.0 Å². The molecule has 0 radical (unpaired) electrons. The lowest BCUT2D eigenvalue weighted by Crippen LogP contribution is -2.39. The van der Waals surface area contributed by atoms with Crippen molar-refractivity contribution >= 4 is 43.2 Å². The molecule has 10 heteroatoms. The van der Waals surface area contributed by atoms with E-state index in [4.69, 9.17) is 23.2 Å². The van der Waals surface area contributed by atoms with Gasteiger partial charge in [0.05, 0.1) is 9.79 Å². The van der Waals surface area contributed by atoms with Gasteiger partial charge in [0.25, 0.3) is 0 Å². The molecular formula is C17H18Cl2N2O4S2. The summed E-state index contributed by atoms with van der Waals surface area (Å²) in [5.41, 5.74) is 0. The van der Waals surface area contributed by atoms with Gasteiger partial charge in [-0.15, -0.1) is 0 Å². The van der Waals surface area contributed by atoms with Crippen molar-refractivity contribution in [3.8, 4) is 0 Å². The maximum atomic E-state index is 12.9. The number of rotatable bonds is 8. The molecule has 2 aromatic carbocycles.